The number of aliphatic hydroxyl groups is 1. The maximum atomic E-state index is 9.30. The van der Waals surface area contributed by atoms with Crippen molar-refractivity contribution < 1.29 is 19.3 Å². The third-order valence-electron chi connectivity index (χ3n) is 4.02. The highest BCUT2D eigenvalue weighted by Crippen LogP contribution is 2.25. The number of anilines is 1. The summed E-state index contributed by atoms with van der Waals surface area (Å²) in [5, 5.41) is 12.7. The number of aliphatic hydroxyl groups excluding tert-OH is 1. The van der Waals surface area contributed by atoms with E-state index in [4.69, 9.17) is 14.2 Å². The topological polar surface area (TPSA) is 85.7 Å². The van der Waals surface area contributed by atoms with Gasteiger partial charge in [-0.1, -0.05) is 33.4 Å². The van der Waals surface area contributed by atoms with Crippen LogP contribution in [0.25, 0.3) is 0 Å². The fourth-order valence-corrected chi connectivity index (χ4v) is 2.69. The molecule has 7 nitrogen and oxygen atoms in total. The van der Waals surface area contributed by atoms with Crippen LogP contribution >= 0.6 is 0 Å². The third-order valence-corrected chi connectivity index (χ3v) is 4.02. The van der Waals surface area contributed by atoms with Gasteiger partial charge in [-0.05, 0) is 32.8 Å². The van der Waals surface area contributed by atoms with Gasteiger partial charge in [0, 0.05) is 18.2 Å². The summed E-state index contributed by atoms with van der Waals surface area (Å²) in [7, 11) is 3.14. The zero-order chi connectivity index (χ0) is 20.9. The number of rotatable bonds is 13. The molecule has 2 N–H and O–H groups in total. The quantitative estimate of drug-likeness (QED) is 0.370. The maximum absolute atomic E-state index is 9.30. The number of hydrogen-bond acceptors (Lipinski definition) is 7. The molecule has 164 valence electrons. The number of aryl methyl sites for hydroxylation is 1. The van der Waals surface area contributed by atoms with Gasteiger partial charge in [-0.3, -0.25) is 0 Å². The van der Waals surface area contributed by atoms with Crippen LogP contribution in [-0.2, 0) is 9.47 Å². The lowest BCUT2D eigenvalue weighted by Gasteiger charge is -2.20. The van der Waals surface area contributed by atoms with Crippen LogP contribution in [-0.4, -0.2) is 48.5 Å². The molecular weight excluding hydrogens is 370 g/mol. The van der Waals surface area contributed by atoms with Crippen molar-refractivity contribution in [2.45, 2.75) is 53.5 Å². The van der Waals surface area contributed by atoms with Crippen LogP contribution in [0.15, 0.2) is 42.0 Å². The minimum atomic E-state index is 0. The first-order valence-corrected chi connectivity index (χ1v) is 9.47. The van der Waals surface area contributed by atoms with Gasteiger partial charge in [0.1, 0.15) is 12.4 Å². The molecule has 0 radical (unpaired) electrons. The number of nitrogens with one attached hydrogen (secondary N) is 1. The second kappa shape index (κ2) is 14.5. The molecule has 0 bridgehead atoms. The molecule has 0 spiro atoms. The molecule has 1 atom stereocenters. The van der Waals surface area contributed by atoms with Gasteiger partial charge >= 0.3 is 0 Å². The van der Waals surface area contributed by atoms with Crippen LogP contribution in [0.5, 0.6) is 5.75 Å². The lowest BCUT2D eigenvalue weighted by molar-refractivity contribution is 0.229. The van der Waals surface area contributed by atoms with Gasteiger partial charge in [0.05, 0.1) is 20.4 Å². The first-order valence-electron chi connectivity index (χ1n) is 9.47. The molecule has 29 heavy (non-hydrogen) atoms. The molecule has 0 aromatic carbocycles. The molecule has 0 saturated carbocycles. The van der Waals surface area contributed by atoms with Crippen molar-refractivity contribution in [1.29, 1.82) is 0 Å². The molecule has 1 rings (SSSR count). The van der Waals surface area contributed by atoms with Crippen LogP contribution in [0.1, 0.15) is 46.4 Å². The van der Waals surface area contributed by atoms with Crippen molar-refractivity contribution in [1.82, 2.24) is 9.97 Å². The summed E-state index contributed by atoms with van der Waals surface area (Å²) >= 11 is 0. The van der Waals surface area contributed by atoms with E-state index in [1.54, 1.807) is 26.5 Å². The summed E-state index contributed by atoms with van der Waals surface area (Å²) in [6, 6.07) is 0.110. The number of hydrogen-bond donors (Lipinski definition) is 2. The largest absolute Gasteiger partial charge is 0.493 e. The Morgan fingerprint density at radius 1 is 1.31 bits per heavy atom. The molecule has 0 saturated heterocycles. The summed E-state index contributed by atoms with van der Waals surface area (Å²) in [5.41, 5.74) is 0.629. The molecule has 0 amide bonds. The minimum Gasteiger partial charge on any atom is -0.493 e. The fourth-order valence-electron chi connectivity index (χ4n) is 2.69. The average molecular weight is 408 g/mol. The highest BCUT2D eigenvalue weighted by molar-refractivity contribution is 5.49. The Balaban J connectivity index is 0.00000784. The van der Waals surface area contributed by atoms with Gasteiger partial charge in [-0.25, -0.2) is 9.97 Å². The second-order valence-electron chi connectivity index (χ2n) is 6.27. The summed E-state index contributed by atoms with van der Waals surface area (Å²) in [6.07, 6.45) is 7.86. The van der Waals surface area contributed by atoms with Crippen molar-refractivity contribution in [2.24, 2.45) is 0 Å². The zero-order valence-electron chi connectivity index (χ0n) is 17.6. The Labute approximate surface area is 175 Å². The normalized spacial score (nSPS) is 12.6. The summed E-state index contributed by atoms with van der Waals surface area (Å²) < 4.78 is 16.7. The van der Waals surface area contributed by atoms with E-state index in [9.17, 15) is 5.11 Å². The van der Waals surface area contributed by atoms with E-state index in [1.165, 1.54) is 0 Å². The SMILES string of the molecule is C.C=C(COc1cnc(C)nc1N[C@@H](CCC)CCO)/C(OC)=C(\C=C/C)OC. The highest BCUT2D eigenvalue weighted by Gasteiger charge is 2.15. The number of aromatic nitrogens is 2. The molecule has 0 aliphatic heterocycles. The van der Waals surface area contributed by atoms with Gasteiger partial charge in [0.2, 0.25) is 0 Å². The molecule has 1 aromatic heterocycles. The first-order chi connectivity index (χ1) is 13.5. The third kappa shape index (κ3) is 8.56. The van der Waals surface area contributed by atoms with Crippen LogP contribution in [0.4, 0.5) is 5.82 Å². The van der Waals surface area contributed by atoms with Gasteiger partial charge in [0.25, 0.3) is 0 Å². The standard InChI is InChI=1S/C21H33N3O4.CH4/c1-7-9-17(11-12-25)24-21-19(13-22-16(4)23-21)28-14-15(3)20(27-6)18(26-5)10-8-2;/h8,10,13,17,25H,3,7,9,11-12,14H2,1-2,4-6H3,(H,22,23,24);1H4/b10-8-,20-18-;/t17-;/m0./s1. The Morgan fingerprint density at radius 3 is 2.59 bits per heavy atom. The molecule has 0 unspecified atom stereocenters. The molecule has 0 fully saturated rings. The van der Waals surface area contributed by atoms with E-state index in [-0.39, 0.29) is 26.7 Å². The number of methoxy groups -OCH3 is 2. The van der Waals surface area contributed by atoms with E-state index in [2.05, 4.69) is 28.8 Å². The van der Waals surface area contributed by atoms with Crippen LogP contribution in [0.3, 0.4) is 0 Å². The molecule has 1 heterocycles. The van der Waals surface area contributed by atoms with Crippen LogP contribution in [0.2, 0.25) is 0 Å². The molecule has 7 heteroatoms. The molecule has 0 aliphatic carbocycles. The Hall–Kier alpha value is -2.54. The van der Waals surface area contributed by atoms with Gasteiger partial charge in [-0.15, -0.1) is 0 Å². The summed E-state index contributed by atoms with van der Waals surface area (Å²) in [4.78, 5) is 8.69. The number of nitrogens with zero attached hydrogens (tertiary/aromatic N) is 2. The lowest BCUT2D eigenvalue weighted by atomic mass is 10.1. The minimum absolute atomic E-state index is 0. The molecular formula is C22H37N3O4. The molecule has 0 aliphatic rings. The Kier molecular flexibility index (Phi) is 13.2. The van der Waals surface area contributed by atoms with Crippen LogP contribution < -0.4 is 10.1 Å². The molecule has 1 aromatic rings. The van der Waals surface area contributed by atoms with E-state index in [1.807, 2.05) is 19.9 Å². The van der Waals surface area contributed by atoms with Gasteiger partial charge in [0.15, 0.2) is 23.1 Å². The van der Waals surface area contributed by atoms with Crippen molar-refractivity contribution in [3.8, 4) is 5.75 Å². The second-order valence-corrected chi connectivity index (χ2v) is 6.27. The monoisotopic (exact) mass is 407 g/mol. The zero-order valence-corrected chi connectivity index (χ0v) is 17.6. The van der Waals surface area contributed by atoms with Crippen molar-refractivity contribution in [3.05, 3.63) is 47.8 Å². The predicted octanol–water partition coefficient (Wildman–Crippen LogP) is 4.40. The predicted molar refractivity (Wildman–Crippen MR) is 118 cm³/mol. The summed E-state index contributed by atoms with van der Waals surface area (Å²) in [6.45, 7) is 10.2. The first kappa shape index (κ1) is 26.5. The van der Waals surface area contributed by atoms with Crippen molar-refractivity contribution in [2.75, 3.05) is 32.8 Å². The van der Waals surface area contributed by atoms with Gasteiger partial charge < -0.3 is 24.6 Å². The van der Waals surface area contributed by atoms with E-state index in [0.717, 1.165) is 12.8 Å². The average Bonchev–Trinajstić information content (AvgIpc) is 2.67. The van der Waals surface area contributed by atoms with E-state index < -0.39 is 0 Å². The smallest absolute Gasteiger partial charge is 0.180 e. The van der Waals surface area contributed by atoms with Gasteiger partial charge in [-0.2, -0.15) is 0 Å². The Morgan fingerprint density at radius 2 is 2.03 bits per heavy atom. The van der Waals surface area contributed by atoms with Crippen molar-refractivity contribution in [3.63, 3.8) is 0 Å². The van der Waals surface area contributed by atoms with Crippen molar-refractivity contribution >= 4 is 5.82 Å². The fraction of sp³-hybridized carbons (Fsp3) is 0.545. The van der Waals surface area contributed by atoms with E-state index in [0.29, 0.717) is 40.9 Å². The summed E-state index contributed by atoms with van der Waals surface area (Å²) in [5.74, 6) is 2.86. The van der Waals surface area contributed by atoms with Crippen LogP contribution in [0, 0.1) is 6.92 Å². The number of ether oxygens (including phenoxy) is 3. The Bertz CT molecular complexity index is 681. The van der Waals surface area contributed by atoms with E-state index >= 15 is 0 Å². The number of allylic oxidation sites excluding steroid dienone is 2. The highest BCUT2D eigenvalue weighted by atomic mass is 16.5. The maximum Gasteiger partial charge on any atom is 0.180 e. The lowest BCUT2D eigenvalue weighted by Crippen LogP contribution is -2.22.